The highest BCUT2D eigenvalue weighted by Crippen LogP contribution is 2.22. The topological polar surface area (TPSA) is 37.8 Å². The Bertz CT molecular complexity index is 465. The molecule has 2 aromatic rings. The van der Waals surface area contributed by atoms with Crippen molar-refractivity contribution in [2.45, 2.75) is 26.3 Å². The summed E-state index contributed by atoms with van der Waals surface area (Å²) in [5, 5.41) is 3.48. The number of hydrogen-bond donors (Lipinski definition) is 1. The van der Waals surface area contributed by atoms with Crippen molar-refractivity contribution in [1.82, 2.24) is 15.3 Å². The molecule has 0 saturated carbocycles. The first-order valence-corrected chi connectivity index (χ1v) is 6.43. The number of aromatic nitrogens is 2. The van der Waals surface area contributed by atoms with Gasteiger partial charge in [0.05, 0.1) is 0 Å². The lowest BCUT2D eigenvalue weighted by Gasteiger charge is -2.16. The molecule has 1 N–H and O–H groups in total. The first kappa shape index (κ1) is 12.7. The van der Waals surface area contributed by atoms with Crippen molar-refractivity contribution in [2.75, 3.05) is 6.54 Å². The van der Waals surface area contributed by atoms with Gasteiger partial charge in [-0.1, -0.05) is 38.1 Å². The molecule has 0 bridgehead atoms. The average molecular weight is 241 g/mol. The maximum atomic E-state index is 4.04. The summed E-state index contributed by atoms with van der Waals surface area (Å²) in [6, 6.07) is 9.07. The van der Waals surface area contributed by atoms with E-state index in [1.54, 1.807) is 6.33 Å². The highest BCUT2D eigenvalue weighted by atomic mass is 14.9. The number of benzene rings is 1. The van der Waals surface area contributed by atoms with Crippen LogP contribution in [0.25, 0.3) is 11.1 Å². The van der Waals surface area contributed by atoms with E-state index in [4.69, 9.17) is 0 Å². The molecule has 1 heterocycles. The molecule has 0 aliphatic carbocycles. The molecule has 0 saturated heterocycles. The van der Waals surface area contributed by atoms with Crippen molar-refractivity contribution in [2.24, 2.45) is 0 Å². The van der Waals surface area contributed by atoms with E-state index < -0.39 is 0 Å². The van der Waals surface area contributed by atoms with Crippen LogP contribution in [0.3, 0.4) is 0 Å². The second kappa shape index (κ2) is 6.26. The van der Waals surface area contributed by atoms with Gasteiger partial charge in [0.2, 0.25) is 0 Å². The number of rotatable bonds is 5. The minimum absolute atomic E-state index is 0.441. The number of nitrogens with zero attached hydrogens (tertiary/aromatic N) is 2. The SMILES string of the molecule is CCNC(CC)c1ccc(-c2cncnc2)cc1. The predicted molar refractivity (Wildman–Crippen MR) is 74.2 cm³/mol. The van der Waals surface area contributed by atoms with E-state index in [-0.39, 0.29) is 0 Å². The standard InChI is InChI=1S/C15H19N3/c1-3-15(18-4-2)13-7-5-12(6-8-13)14-9-16-11-17-10-14/h5-11,15,18H,3-4H2,1-2H3. The molecule has 0 aliphatic rings. The van der Waals surface area contributed by atoms with Crippen molar-refractivity contribution in [3.8, 4) is 11.1 Å². The van der Waals surface area contributed by atoms with Crippen LogP contribution >= 0.6 is 0 Å². The van der Waals surface area contributed by atoms with Crippen LogP contribution in [0.1, 0.15) is 31.9 Å². The maximum Gasteiger partial charge on any atom is 0.115 e. The smallest absolute Gasteiger partial charge is 0.115 e. The lowest BCUT2D eigenvalue weighted by Crippen LogP contribution is -2.19. The van der Waals surface area contributed by atoms with E-state index in [1.165, 1.54) is 5.56 Å². The van der Waals surface area contributed by atoms with Crippen molar-refractivity contribution in [1.29, 1.82) is 0 Å². The van der Waals surface area contributed by atoms with Gasteiger partial charge < -0.3 is 5.32 Å². The van der Waals surface area contributed by atoms with Crippen LogP contribution in [-0.2, 0) is 0 Å². The van der Waals surface area contributed by atoms with E-state index in [1.807, 2.05) is 12.4 Å². The van der Waals surface area contributed by atoms with Crippen LogP contribution < -0.4 is 5.32 Å². The summed E-state index contributed by atoms with van der Waals surface area (Å²) >= 11 is 0. The van der Waals surface area contributed by atoms with Crippen LogP contribution in [0.5, 0.6) is 0 Å². The van der Waals surface area contributed by atoms with Crippen molar-refractivity contribution in [3.05, 3.63) is 48.5 Å². The molecular formula is C15H19N3. The van der Waals surface area contributed by atoms with Crippen molar-refractivity contribution in [3.63, 3.8) is 0 Å². The molecule has 1 atom stereocenters. The summed E-state index contributed by atoms with van der Waals surface area (Å²) in [6.07, 6.45) is 6.32. The zero-order valence-electron chi connectivity index (χ0n) is 10.9. The molecule has 94 valence electrons. The first-order chi connectivity index (χ1) is 8.85. The quantitative estimate of drug-likeness (QED) is 0.873. The number of nitrogens with one attached hydrogen (secondary N) is 1. The molecule has 0 amide bonds. The van der Waals surface area contributed by atoms with Crippen LogP contribution in [0.15, 0.2) is 43.0 Å². The summed E-state index contributed by atoms with van der Waals surface area (Å²) in [6.45, 7) is 5.33. The zero-order chi connectivity index (χ0) is 12.8. The third kappa shape index (κ3) is 2.93. The fourth-order valence-corrected chi connectivity index (χ4v) is 2.10. The summed E-state index contributed by atoms with van der Waals surface area (Å²) in [4.78, 5) is 8.08. The third-order valence-electron chi connectivity index (χ3n) is 3.07. The molecule has 0 spiro atoms. The second-order valence-electron chi connectivity index (χ2n) is 4.27. The Morgan fingerprint density at radius 2 is 1.67 bits per heavy atom. The summed E-state index contributed by atoms with van der Waals surface area (Å²) in [5.74, 6) is 0. The molecule has 2 rings (SSSR count). The Morgan fingerprint density at radius 1 is 1.00 bits per heavy atom. The van der Waals surface area contributed by atoms with Gasteiger partial charge in [-0.05, 0) is 24.1 Å². The molecule has 0 fully saturated rings. The van der Waals surface area contributed by atoms with Gasteiger partial charge >= 0.3 is 0 Å². The lowest BCUT2D eigenvalue weighted by molar-refractivity contribution is 0.537. The van der Waals surface area contributed by atoms with E-state index in [0.29, 0.717) is 6.04 Å². The van der Waals surface area contributed by atoms with Gasteiger partial charge in [0.1, 0.15) is 6.33 Å². The Kier molecular flexibility index (Phi) is 4.42. The third-order valence-corrected chi connectivity index (χ3v) is 3.07. The normalized spacial score (nSPS) is 12.3. The molecule has 1 aromatic heterocycles. The summed E-state index contributed by atoms with van der Waals surface area (Å²) in [5.41, 5.74) is 3.55. The van der Waals surface area contributed by atoms with E-state index >= 15 is 0 Å². The second-order valence-corrected chi connectivity index (χ2v) is 4.27. The highest BCUT2D eigenvalue weighted by molar-refractivity contribution is 5.61. The Hall–Kier alpha value is -1.74. The largest absolute Gasteiger partial charge is 0.310 e. The highest BCUT2D eigenvalue weighted by Gasteiger charge is 2.07. The van der Waals surface area contributed by atoms with Crippen LogP contribution in [0, 0.1) is 0 Å². The predicted octanol–water partition coefficient (Wildman–Crippen LogP) is 3.20. The van der Waals surface area contributed by atoms with Gasteiger partial charge in [0.15, 0.2) is 0 Å². The van der Waals surface area contributed by atoms with Crippen LogP contribution in [-0.4, -0.2) is 16.5 Å². The van der Waals surface area contributed by atoms with Crippen LogP contribution in [0.2, 0.25) is 0 Å². The molecule has 1 unspecified atom stereocenters. The zero-order valence-corrected chi connectivity index (χ0v) is 10.9. The molecular weight excluding hydrogens is 222 g/mol. The monoisotopic (exact) mass is 241 g/mol. The van der Waals surface area contributed by atoms with Crippen molar-refractivity contribution < 1.29 is 0 Å². The summed E-state index contributed by atoms with van der Waals surface area (Å²) < 4.78 is 0. The lowest BCUT2D eigenvalue weighted by atomic mass is 10.0. The Labute approximate surface area is 108 Å². The summed E-state index contributed by atoms with van der Waals surface area (Å²) in [7, 11) is 0. The Balaban J connectivity index is 2.19. The fourth-order valence-electron chi connectivity index (χ4n) is 2.10. The Morgan fingerprint density at radius 3 is 2.22 bits per heavy atom. The molecule has 18 heavy (non-hydrogen) atoms. The molecule has 0 radical (unpaired) electrons. The van der Waals surface area contributed by atoms with Crippen molar-refractivity contribution >= 4 is 0 Å². The number of hydrogen-bond acceptors (Lipinski definition) is 3. The van der Waals surface area contributed by atoms with E-state index in [2.05, 4.69) is 53.4 Å². The van der Waals surface area contributed by atoms with Gasteiger partial charge in [-0.2, -0.15) is 0 Å². The van der Waals surface area contributed by atoms with Gasteiger partial charge in [0.25, 0.3) is 0 Å². The van der Waals surface area contributed by atoms with Gasteiger partial charge in [-0.3, -0.25) is 0 Å². The van der Waals surface area contributed by atoms with Gasteiger partial charge in [-0.15, -0.1) is 0 Å². The minimum atomic E-state index is 0.441. The maximum absolute atomic E-state index is 4.04. The first-order valence-electron chi connectivity index (χ1n) is 6.43. The molecule has 3 heteroatoms. The van der Waals surface area contributed by atoms with Crippen LogP contribution in [0.4, 0.5) is 0 Å². The fraction of sp³-hybridized carbons (Fsp3) is 0.333. The molecule has 3 nitrogen and oxygen atoms in total. The van der Waals surface area contributed by atoms with Gasteiger partial charge in [-0.25, -0.2) is 9.97 Å². The van der Waals surface area contributed by atoms with E-state index in [9.17, 15) is 0 Å². The van der Waals surface area contributed by atoms with E-state index in [0.717, 1.165) is 24.1 Å². The average Bonchev–Trinajstić information content (AvgIpc) is 2.46. The minimum Gasteiger partial charge on any atom is -0.310 e. The molecule has 0 aliphatic heterocycles. The van der Waals surface area contributed by atoms with Gasteiger partial charge in [0, 0.05) is 24.0 Å². The molecule has 1 aromatic carbocycles.